The summed E-state index contributed by atoms with van der Waals surface area (Å²) in [5.74, 6) is 0.933. The molecule has 0 unspecified atom stereocenters. The predicted octanol–water partition coefficient (Wildman–Crippen LogP) is 3.66. The number of rotatable bonds is 6. The van der Waals surface area contributed by atoms with Crippen LogP contribution in [-0.2, 0) is 4.79 Å². The van der Waals surface area contributed by atoms with Crippen molar-refractivity contribution in [2.45, 2.75) is 13.3 Å². The Morgan fingerprint density at radius 1 is 1.10 bits per heavy atom. The molecular formula is C22H26N4O4. The lowest BCUT2D eigenvalue weighted by Gasteiger charge is -2.18. The molecule has 3 N–H and O–H groups in total. The second-order valence-corrected chi connectivity index (χ2v) is 6.70. The van der Waals surface area contributed by atoms with Crippen molar-refractivity contribution in [3.63, 3.8) is 0 Å². The van der Waals surface area contributed by atoms with Gasteiger partial charge in [0, 0.05) is 42.8 Å². The van der Waals surface area contributed by atoms with Crippen molar-refractivity contribution >= 4 is 34.6 Å². The first-order valence-corrected chi connectivity index (χ1v) is 9.56. The number of ether oxygens (including phenoxy) is 2. The third kappa shape index (κ3) is 3.89. The lowest BCUT2D eigenvalue weighted by atomic mass is 10.0. The molecule has 2 aromatic carbocycles. The van der Waals surface area contributed by atoms with E-state index in [1.165, 1.54) is 4.90 Å². The molecule has 0 fully saturated rings. The number of nitrogens with one attached hydrogen (secondary N) is 3. The number of anilines is 3. The van der Waals surface area contributed by atoms with E-state index in [4.69, 9.17) is 9.47 Å². The Hall–Kier alpha value is -3.68. The summed E-state index contributed by atoms with van der Waals surface area (Å²) in [7, 11) is 6.40. The summed E-state index contributed by atoms with van der Waals surface area (Å²) in [6.45, 7) is 1.98. The van der Waals surface area contributed by atoms with Crippen molar-refractivity contribution < 1.29 is 19.1 Å². The summed E-state index contributed by atoms with van der Waals surface area (Å²) in [6.07, 6.45) is 0.621. The van der Waals surface area contributed by atoms with Crippen LogP contribution in [0.25, 0.3) is 5.57 Å². The smallest absolute Gasteiger partial charge is 0.321 e. The summed E-state index contributed by atoms with van der Waals surface area (Å²) in [5, 5.41) is 8.83. The van der Waals surface area contributed by atoms with Gasteiger partial charge in [-0.3, -0.25) is 9.69 Å². The molecule has 0 aromatic heterocycles. The fraction of sp³-hybridized carbons (Fsp3) is 0.273. The monoisotopic (exact) mass is 410 g/mol. The van der Waals surface area contributed by atoms with Gasteiger partial charge in [0.1, 0.15) is 0 Å². The fourth-order valence-electron chi connectivity index (χ4n) is 3.35. The van der Waals surface area contributed by atoms with E-state index in [2.05, 4.69) is 16.0 Å². The summed E-state index contributed by atoms with van der Waals surface area (Å²) < 4.78 is 10.7. The van der Waals surface area contributed by atoms with Gasteiger partial charge in [0.2, 0.25) is 0 Å². The van der Waals surface area contributed by atoms with Gasteiger partial charge in [-0.15, -0.1) is 0 Å². The van der Waals surface area contributed by atoms with Crippen LogP contribution >= 0.6 is 0 Å². The van der Waals surface area contributed by atoms with Crippen LogP contribution in [0.3, 0.4) is 0 Å². The minimum Gasteiger partial charge on any atom is -0.493 e. The number of carbonyl (C=O) groups is 2. The summed E-state index contributed by atoms with van der Waals surface area (Å²) in [6, 6.07) is 10.8. The molecule has 0 radical (unpaired) electrons. The van der Waals surface area contributed by atoms with Gasteiger partial charge in [0.15, 0.2) is 11.5 Å². The van der Waals surface area contributed by atoms with Gasteiger partial charge in [-0.25, -0.2) is 4.79 Å². The van der Waals surface area contributed by atoms with E-state index in [-0.39, 0.29) is 11.9 Å². The topological polar surface area (TPSA) is 91.9 Å². The standard InChI is InChI=1S/C22H26N4O4/c1-6-16(24-13-7-9-14(10-8-13)26(3)22(28)23-2)20-15-11-18(29-4)19(30-5)12-17(15)25-21(20)27/h7-12,24H,6H2,1-5H3,(H,23,28)(H,25,27). The van der Waals surface area contributed by atoms with Gasteiger partial charge >= 0.3 is 6.03 Å². The highest BCUT2D eigenvalue weighted by molar-refractivity contribution is 6.32. The van der Waals surface area contributed by atoms with Gasteiger partial charge in [0.05, 0.1) is 25.5 Å². The molecule has 8 nitrogen and oxygen atoms in total. The molecule has 0 bridgehead atoms. The SMILES string of the molecule is CCC(Nc1ccc(N(C)C(=O)NC)cc1)=C1C(=O)Nc2cc(OC)c(OC)cc21. The van der Waals surface area contributed by atoms with Gasteiger partial charge in [-0.1, -0.05) is 6.92 Å². The van der Waals surface area contributed by atoms with E-state index in [0.717, 1.165) is 22.6 Å². The molecule has 3 rings (SSSR count). The number of hydrogen-bond acceptors (Lipinski definition) is 5. The number of amides is 3. The largest absolute Gasteiger partial charge is 0.493 e. The zero-order chi connectivity index (χ0) is 21.8. The lowest BCUT2D eigenvalue weighted by molar-refractivity contribution is -0.110. The van der Waals surface area contributed by atoms with Gasteiger partial charge in [-0.05, 0) is 36.8 Å². The van der Waals surface area contributed by atoms with Crippen LogP contribution in [0.4, 0.5) is 21.9 Å². The molecule has 2 aromatic rings. The number of hydrogen-bond donors (Lipinski definition) is 3. The van der Waals surface area contributed by atoms with Crippen LogP contribution in [0.1, 0.15) is 18.9 Å². The van der Waals surface area contributed by atoms with Crippen molar-refractivity contribution in [1.29, 1.82) is 0 Å². The van der Waals surface area contributed by atoms with Crippen LogP contribution in [-0.4, -0.2) is 40.3 Å². The average molecular weight is 410 g/mol. The molecule has 30 heavy (non-hydrogen) atoms. The van der Waals surface area contributed by atoms with Gasteiger partial charge < -0.3 is 25.4 Å². The number of methoxy groups -OCH3 is 2. The molecular weight excluding hydrogens is 384 g/mol. The highest BCUT2D eigenvalue weighted by Gasteiger charge is 2.29. The second kappa shape index (κ2) is 8.77. The van der Waals surface area contributed by atoms with Crippen LogP contribution < -0.4 is 30.3 Å². The molecule has 3 amide bonds. The van der Waals surface area contributed by atoms with E-state index in [9.17, 15) is 9.59 Å². The average Bonchev–Trinajstić information content (AvgIpc) is 3.10. The summed E-state index contributed by atoms with van der Waals surface area (Å²) >= 11 is 0. The summed E-state index contributed by atoms with van der Waals surface area (Å²) in [4.78, 5) is 26.0. The third-order valence-electron chi connectivity index (χ3n) is 4.99. The molecule has 1 heterocycles. The second-order valence-electron chi connectivity index (χ2n) is 6.70. The molecule has 0 spiro atoms. The number of benzene rings is 2. The van der Waals surface area contributed by atoms with E-state index < -0.39 is 0 Å². The zero-order valence-corrected chi connectivity index (χ0v) is 17.8. The number of urea groups is 1. The number of nitrogens with zero attached hydrogens (tertiary/aromatic N) is 1. The predicted molar refractivity (Wildman–Crippen MR) is 118 cm³/mol. The van der Waals surface area contributed by atoms with E-state index in [1.54, 1.807) is 40.4 Å². The highest BCUT2D eigenvalue weighted by Crippen LogP contribution is 2.42. The van der Waals surface area contributed by atoms with Crippen LogP contribution in [0.2, 0.25) is 0 Å². The van der Waals surface area contributed by atoms with Crippen LogP contribution in [0.5, 0.6) is 11.5 Å². The van der Waals surface area contributed by atoms with Gasteiger partial charge in [-0.2, -0.15) is 0 Å². The molecule has 0 saturated heterocycles. The van der Waals surface area contributed by atoms with Crippen molar-refractivity contribution in [1.82, 2.24) is 5.32 Å². The first-order valence-electron chi connectivity index (χ1n) is 9.56. The highest BCUT2D eigenvalue weighted by atomic mass is 16.5. The minimum absolute atomic E-state index is 0.180. The fourth-order valence-corrected chi connectivity index (χ4v) is 3.35. The Morgan fingerprint density at radius 2 is 1.73 bits per heavy atom. The summed E-state index contributed by atoms with van der Waals surface area (Å²) in [5.41, 5.74) is 4.37. The van der Waals surface area contributed by atoms with Crippen molar-refractivity contribution in [3.8, 4) is 11.5 Å². The molecule has 1 aliphatic heterocycles. The molecule has 0 atom stereocenters. The Bertz CT molecular complexity index is 999. The van der Waals surface area contributed by atoms with E-state index in [1.807, 2.05) is 31.2 Å². The van der Waals surface area contributed by atoms with Crippen molar-refractivity contribution in [2.24, 2.45) is 0 Å². The maximum atomic E-state index is 12.7. The first-order chi connectivity index (χ1) is 14.4. The quantitative estimate of drug-likeness (QED) is 0.632. The Morgan fingerprint density at radius 3 is 2.30 bits per heavy atom. The minimum atomic E-state index is -0.198. The Labute approximate surface area is 175 Å². The number of carbonyl (C=O) groups excluding carboxylic acids is 2. The lowest BCUT2D eigenvalue weighted by Crippen LogP contribution is -2.34. The maximum absolute atomic E-state index is 12.7. The van der Waals surface area contributed by atoms with Crippen LogP contribution in [0, 0.1) is 0 Å². The first kappa shape index (κ1) is 21.0. The molecule has 158 valence electrons. The zero-order valence-electron chi connectivity index (χ0n) is 17.8. The number of allylic oxidation sites excluding steroid dienone is 1. The molecule has 8 heteroatoms. The van der Waals surface area contributed by atoms with Crippen LogP contribution in [0.15, 0.2) is 42.1 Å². The Balaban J connectivity index is 1.94. The maximum Gasteiger partial charge on any atom is 0.321 e. The third-order valence-corrected chi connectivity index (χ3v) is 4.99. The number of fused-ring (bicyclic) bond motifs is 1. The molecule has 0 saturated carbocycles. The Kier molecular flexibility index (Phi) is 6.15. The van der Waals surface area contributed by atoms with Crippen molar-refractivity contribution in [3.05, 3.63) is 47.7 Å². The van der Waals surface area contributed by atoms with E-state index >= 15 is 0 Å². The van der Waals surface area contributed by atoms with E-state index in [0.29, 0.717) is 29.2 Å². The normalized spacial score (nSPS) is 13.8. The van der Waals surface area contributed by atoms with Gasteiger partial charge in [0.25, 0.3) is 5.91 Å². The molecule has 0 aliphatic carbocycles. The van der Waals surface area contributed by atoms with Crippen molar-refractivity contribution in [2.75, 3.05) is 43.8 Å². The molecule has 1 aliphatic rings.